The molecule has 3 rings (SSSR count). The number of aromatic nitrogens is 1. The van der Waals surface area contributed by atoms with E-state index in [4.69, 9.17) is 9.52 Å². The topological polar surface area (TPSA) is 72.4 Å². The van der Waals surface area contributed by atoms with Gasteiger partial charge in [0.15, 0.2) is 5.76 Å². The van der Waals surface area contributed by atoms with Crippen LogP contribution in [-0.4, -0.2) is 15.6 Å². The summed E-state index contributed by atoms with van der Waals surface area (Å²) in [4.78, 5) is 22.1. The average Bonchev–Trinajstić information content (AvgIpc) is 2.93. The number of carboxylic acid groups (broad SMARTS) is 1. The third-order valence-electron chi connectivity index (χ3n) is 2.75. The number of carbonyl (C=O) groups is 1. The number of benzene rings is 1. The van der Waals surface area contributed by atoms with Crippen molar-refractivity contribution in [1.82, 2.24) is 4.57 Å². The Balaban J connectivity index is 2.16. The molecule has 0 atom stereocenters. The highest BCUT2D eigenvalue weighted by molar-refractivity contribution is 7.07. The average molecular weight is 275 g/mol. The van der Waals surface area contributed by atoms with Gasteiger partial charge in [0, 0.05) is 10.8 Å². The highest BCUT2D eigenvalue weighted by Gasteiger charge is 2.15. The number of thiazole rings is 1. The Morgan fingerprint density at radius 3 is 2.89 bits per heavy atom. The van der Waals surface area contributed by atoms with Crippen LogP contribution in [0.4, 0.5) is 0 Å². The summed E-state index contributed by atoms with van der Waals surface area (Å²) in [5.41, 5.74) is 1.20. The minimum atomic E-state index is -1.06. The molecule has 6 heteroatoms. The van der Waals surface area contributed by atoms with Crippen molar-refractivity contribution < 1.29 is 14.3 Å². The molecule has 5 nitrogen and oxygen atoms in total. The lowest BCUT2D eigenvalue weighted by Gasteiger charge is -2.01. The number of aliphatic carboxylic acids is 1. The minimum Gasteiger partial charge on any atom is -0.480 e. The van der Waals surface area contributed by atoms with Crippen molar-refractivity contribution in [1.29, 1.82) is 0 Å². The molecular formula is C13H9NO4S. The number of rotatable bonds is 3. The number of hydrogen-bond acceptors (Lipinski definition) is 4. The Hall–Kier alpha value is -2.34. The van der Waals surface area contributed by atoms with E-state index in [2.05, 4.69) is 0 Å². The number of carboxylic acids is 1. The summed E-state index contributed by atoms with van der Waals surface area (Å²) in [5, 5.41) is 11.4. The summed E-state index contributed by atoms with van der Waals surface area (Å²) in [6.45, 7) is -0.366. The van der Waals surface area contributed by atoms with Gasteiger partial charge in [0.25, 0.3) is 0 Å². The lowest BCUT2D eigenvalue weighted by atomic mass is 10.2. The Morgan fingerprint density at radius 2 is 2.16 bits per heavy atom. The molecule has 0 spiro atoms. The first-order valence-electron chi connectivity index (χ1n) is 5.54. The Morgan fingerprint density at radius 1 is 1.37 bits per heavy atom. The molecule has 0 fully saturated rings. The standard InChI is InChI=1S/C13H9NO4S/c15-12(16)6-14-9(7-19-13(14)17)11-5-8-3-1-2-4-10(8)18-11/h1-5,7H,6H2,(H,15,16). The van der Waals surface area contributed by atoms with Crippen LogP contribution in [0.15, 0.2) is 44.9 Å². The van der Waals surface area contributed by atoms with E-state index in [1.165, 1.54) is 4.57 Å². The van der Waals surface area contributed by atoms with Crippen LogP contribution in [0.3, 0.4) is 0 Å². The van der Waals surface area contributed by atoms with Gasteiger partial charge in [-0.3, -0.25) is 14.2 Å². The summed E-state index contributed by atoms with van der Waals surface area (Å²) in [6, 6.07) is 9.27. The Kier molecular flexibility index (Phi) is 2.72. The molecule has 96 valence electrons. The smallest absolute Gasteiger partial charge is 0.323 e. The third-order valence-corrected chi connectivity index (χ3v) is 3.52. The van der Waals surface area contributed by atoms with Crippen LogP contribution < -0.4 is 4.87 Å². The van der Waals surface area contributed by atoms with Gasteiger partial charge in [-0.25, -0.2) is 0 Å². The first kappa shape index (κ1) is 11.7. The van der Waals surface area contributed by atoms with Crippen LogP contribution in [0, 0.1) is 0 Å². The van der Waals surface area contributed by atoms with Gasteiger partial charge >= 0.3 is 10.8 Å². The number of fused-ring (bicyclic) bond motifs is 1. The maximum absolute atomic E-state index is 11.6. The largest absolute Gasteiger partial charge is 0.480 e. The molecular weight excluding hydrogens is 266 g/mol. The van der Waals surface area contributed by atoms with E-state index in [-0.39, 0.29) is 11.4 Å². The lowest BCUT2D eigenvalue weighted by molar-refractivity contribution is -0.137. The SMILES string of the molecule is O=C(O)Cn1c(-c2cc3ccccc3o2)csc1=O. The number of nitrogens with zero attached hydrogens (tertiary/aromatic N) is 1. The van der Waals surface area contributed by atoms with E-state index in [9.17, 15) is 9.59 Å². The maximum Gasteiger partial charge on any atom is 0.323 e. The highest BCUT2D eigenvalue weighted by Crippen LogP contribution is 2.27. The van der Waals surface area contributed by atoms with Crippen molar-refractivity contribution in [2.24, 2.45) is 0 Å². The minimum absolute atomic E-state index is 0.308. The second-order valence-corrected chi connectivity index (χ2v) is 4.84. The van der Waals surface area contributed by atoms with Crippen LogP contribution in [-0.2, 0) is 11.3 Å². The summed E-state index contributed by atoms with van der Waals surface area (Å²) < 4.78 is 6.84. The molecule has 19 heavy (non-hydrogen) atoms. The lowest BCUT2D eigenvalue weighted by Crippen LogP contribution is -2.19. The van der Waals surface area contributed by atoms with Gasteiger partial charge in [-0.05, 0) is 12.1 Å². The summed E-state index contributed by atoms with van der Waals surface area (Å²) in [5.74, 6) is -0.557. The van der Waals surface area contributed by atoms with Crippen LogP contribution >= 0.6 is 11.3 Å². The summed E-state index contributed by atoms with van der Waals surface area (Å²) in [7, 11) is 0. The molecule has 2 heterocycles. The van der Waals surface area contributed by atoms with E-state index >= 15 is 0 Å². The molecule has 1 N–H and O–H groups in total. The first-order valence-corrected chi connectivity index (χ1v) is 6.42. The third kappa shape index (κ3) is 2.06. The molecule has 0 bridgehead atoms. The highest BCUT2D eigenvalue weighted by atomic mass is 32.1. The Bertz CT molecular complexity index is 778. The normalized spacial score (nSPS) is 10.9. The molecule has 0 aliphatic carbocycles. The van der Waals surface area contributed by atoms with Gasteiger partial charge < -0.3 is 9.52 Å². The van der Waals surface area contributed by atoms with Crippen molar-refractivity contribution in [2.75, 3.05) is 0 Å². The van der Waals surface area contributed by atoms with Crippen LogP contribution in [0.5, 0.6) is 0 Å². The predicted octanol–water partition coefficient (Wildman–Crippen LogP) is 2.41. The molecule has 0 amide bonds. The maximum atomic E-state index is 11.6. The molecule has 0 saturated carbocycles. The zero-order valence-corrected chi connectivity index (χ0v) is 10.5. The fraction of sp³-hybridized carbons (Fsp3) is 0.0769. The second kappa shape index (κ2) is 4.40. The molecule has 3 aromatic rings. The second-order valence-electron chi connectivity index (χ2n) is 4.02. The first-order chi connectivity index (χ1) is 9.15. The molecule has 1 aromatic carbocycles. The van der Waals surface area contributed by atoms with Crippen LogP contribution in [0.2, 0.25) is 0 Å². The van der Waals surface area contributed by atoms with Gasteiger partial charge in [-0.2, -0.15) is 0 Å². The van der Waals surface area contributed by atoms with Crippen molar-refractivity contribution in [3.63, 3.8) is 0 Å². The van der Waals surface area contributed by atoms with Crippen LogP contribution in [0.1, 0.15) is 0 Å². The fourth-order valence-electron chi connectivity index (χ4n) is 1.92. The van der Waals surface area contributed by atoms with Gasteiger partial charge in [0.2, 0.25) is 0 Å². The van der Waals surface area contributed by atoms with Gasteiger partial charge in [0.1, 0.15) is 12.1 Å². The van der Waals surface area contributed by atoms with E-state index < -0.39 is 5.97 Å². The van der Waals surface area contributed by atoms with Crippen LogP contribution in [0.25, 0.3) is 22.4 Å². The van der Waals surface area contributed by atoms with E-state index in [0.717, 1.165) is 16.7 Å². The van der Waals surface area contributed by atoms with E-state index in [1.54, 1.807) is 11.4 Å². The zero-order chi connectivity index (χ0) is 13.4. The van der Waals surface area contributed by atoms with Gasteiger partial charge in [0.05, 0.1) is 5.69 Å². The molecule has 0 saturated heterocycles. The molecule has 2 aromatic heterocycles. The molecule has 0 aliphatic rings. The van der Waals surface area contributed by atoms with E-state index in [1.807, 2.05) is 24.3 Å². The van der Waals surface area contributed by atoms with E-state index in [0.29, 0.717) is 17.0 Å². The van der Waals surface area contributed by atoms with Crippen molar-refractivity contribution in [3.8, 4) is 11.5 Å². The predicted molar refractivity (Wildman–Crippen MR) is 71.4 cm³/mol. The van der Waals surface area contributed by atoms with Crippen molar-refractivity contribution in [2.45, 2.75) is 6.54 Å². The molecule has 0 aliphatic heterocycles. The monoisotopic (exact) mass is 275 g/mol. The van der Waals surface area contributed by atoms with Gasteiger partial charge in [-0.15, -0.1) is 0 Å². The fourth-order valence-corrected chi connectivity index (χ4v) is 2.66. The number of hydrogen-bond donors (Lipinski definition) is 1. The number of para-hydroxylation sites is 1. The Labute approximate surface area is 111 Å². The quantitative estimate of drug-likeness (QED) is 0.796. The summed E-state index contributed by atoms with van der Waals surface area (Å²) >= 11 is 0.962. The van der Waals surface area contributed by atoms with Crippen molar-refractivity contribution >= 4 is 28.3 Å². The number of furan rings is 1. The van der Waals surface area contributed by atoms with Gasteiger partial charge in [-0.1, -0.05) is 29.5 Å². The van der Waals surface area contributed by atoms with Crippen molar-refractivity contribution in [3.05, 3.63) is 45.4 Å². The molecule has 0 unspecified atom stereocenters. The summed E-state index contributed by atoms with van der Waals surface area (Å²) in [6.07, 6.45) is 0. The molecule has 0 radical (unpaired) electrons. The zero-order valence-electron chi connectivity index (χ0n) is 9.70.